The molecule has 0 saturated carbocycles. The van der Waals surface area contributed by atoms with E-state index in [1.54, 1.807) is 38.4 Å². The van der Waals surface area contributed by atoms with Crippen LogP contribution >= 0.6 is 0 Å². The number of carbonyl (C=O) groups excluding carboxylic acids is 1. The van der Waals surface area contributed by atoms with Crippen LogP contribution in [0.4, 0.5) is 5.82 Å². The Bertz CT molecular complexity index is 801. The lowest BCUT2D eigenvalue weighted by Crippen LogP contribution is -2.29. The molecule has 0 aliphatic carbocycles. The second-order valence-electron chi connectivity index (χ2n) is 5.99. The van der Waals surface area contributed by atoms with Gasteiger partial charge < -0.3 is 29.2 Å². The van der Waals surface area contributed by atoms with Gasteiger partial charge in [-0.2, -0.15) is 0 Å². The molecule has 1 aromatic heterocycles. The number of hydrogen-bond acceptors (Lipinski definition) is 8. The van der Waals surface area contributed by atoms with E-state index in [-0.39, 0.29) is 5.91 Å². The molecule has 0 fully saturated rings. The number of nitrogens with zero attached hydrogens (tertiary/aromatic N) is 3. The van der Waals surface area contributed by atoms with Crippen molar-refractivity contribution in [2.24, 2.45) is 0 Å². The first kappa shape index (κ1) is 21.2. The fourth-order valence-electron chi connectivity index (χ4n) is 2.59. The lowest BCUT2D eigenvalue weighted by Gasteiger charge is -2.18. The van der Waals surface area contributed by atoms with E-state index < -0.39 is 0 Å². The molecule has 0 aliphatic heterocycles. The van der Waals surface area contributed by atoms with Gasteiger partial charge in [-0.05, 0) is 12.1 Å². The standard InChI is InChI=1S/C19H26N4O5/c1-23(2)18-13(19(24)20-7-8-25-3)11-21-17(22-18)12-9-14(26-4)16(28-6)15(10-12)27-5/h9-11H,7-8H2,1-6H3,(H,20,24). The van der Waals surface area contributed by atoms with Crippen LogP contribution in [0.1, 0.15) is 10.4 Å². The number of aromatic nitrogens is 2. The van der Waals surface area contributed by atoms with E-state index in [2.05, 4.69) is 15.3 Å². The monoisotopic (exact) mass is 390 g/mol. The fourth-order valence-corrected chi connectivity index (χ4v) is 2.59. The van der Waals surface area contributed by atoms with E-state index in [1.165, 1.54) is 13.3 Å². The Balaban J connectivity index is 2.47. The number of anilines is 1. The van der Waals surface area contributed by atoms with Crippen molar-refractivity contribution in [2.45, 2.75) is 0 Å². The summed E-state index contributed by atoms with van der Waals surface area (Å²) in [6.45, 7) is 0.824. The number of benzene rings is 1. The highest BCUT2D eigenvalue weighted by Gasteiger charge is 2.19. The van der Waals surface area contributed by atoms with Crippen LogP contribution in [-0.2, 0) is 4.74 Å². The van der Waals surface area contributed by atoms with Gasteiger partial charge in [-0.1, -0.05) is 0 Å². The summed E-state index contributed by atoms with van der Waals surface area (Å²) in [4.78, 5) is 23.1. The predicted octanol–water partition coefficient (Wildman–Crippen LogP) is 1.61. The minimum atomic E-state index is -0.266. The predicted molar refractivity (Wildman–Crippen MR) is 106 cm³/mol. The van der Waals surface area contributed by atoms with Crippen LogP contribution in [0.5, 0.6) is 17.2 Å². The van der Waals surface area contributed by atoms with Crippen LogP contribution < -0.4 is 24.4 Å². The number of ether oxygens (including phenoxy) is 4. The number of nitrogens with one attached hydrogen (secondary N) is 1. The van der Waals surface area contributed by atoms with Gasteiger partial charge in [0.15, 0.2) is 17.3 Å². The highest BCUT2D eigenvalue weighted by atomic mass is 16.5. The first-order chi connectivity index (χ1) is 13.5. The van der Waals surface area contributed by atoms with Gasteiger partial charge in [-0.15, -0.1) is 0 Å². The molecule has 2 rings (SSSR count). The molecule has 28 heavy (non-hydrogen) atoms. The van der Waals surface area contributed by atoms with Crippen molar-refractivity contribution in [3.63, 3.8) is 0 Å². The molecule has 0 unspecified atom stereocenters. The summed E-state index contributed by atoms with van der Waals surface area (Å²) in [7, 11) is 9.83. The molecule has 2 aromatic rings. The molecule has 1 aromatic carbocycles. The number of hydrogen-bond donors (Lipinski definition) is 1. The Hall–Kier alpha value is -3.07. The molecule has 0 saturated heterocycles. The minimum absolute atomic E-state index is 0.266. The molecular formula is C19H26N4O5. The molecule has 0 radical (unpaired) electrons. The molecule has 1 N–H and O–H groups in total. The second kappa shape index (κ2) is 9.75. The smallest absolute Gasteiger partial charge is 0.256 e. The zero-order valence-corrected chi connectivity index (χ0v) is 17.0. The van der Waals surface area contributed by atoms with Gasteiger partial charge >= 0.3 is 0 Å². The van der Waals surface area contributed by atoms with E-state index in [9.17, 15) is 4.79 Å². The lowest BCUT2D eigenvalue weighted by atomic mass is 10.1. The topological polar surface area (TPSA) is 95.0 Å². The Morgan fingerprint density at radius 2 is 1.71 bits per heavy atom. The largest absolute Gasteiger partial charge is 0.493 e. The van der Waals surface area contributed by atoms with Gasteiger partial charge in [0.1, 0.15) is 11.4 Å². The number of methoxy groups -OCH3 is 4. The van der Waals surface area contributed by atoms with E-state index in [4.69, 9.17) is 18.9 Å². The van der Waals surface area contributed by atoms with Gasteiger partial charge in [-0.3, -0.25) is 4.79 Å². The van der Waals surface area contributed by atoms with Crippen LogP contribution in [0, 0.1) is 0 Å². The highest BCUT2D eigenvalue weighted by molar-refractivity contribution is 5.98. The van der Waals surface area contributed by atoms with Crippen molar-refractivity contribution >= 4 is 11.7 Å². The van der Waals surface area contributed by atoms with Crippen LogP contribution in [0.2, 0.25) is 0 Å². The van der Waals surface area contributed by atoms with Crippen LogP contribution in [-0.4, -0.2) is 71.6 Å². The summed E-state index contributed by atoms with van der Waals surface area (Å²) < 4.78 is 21.1. The van der Waals surface area contributed by atoms with Gasteiger partial charge in [0.05, 0.1) is 27.9 Å². The third-order valence-corrected chi connectivity index (χ3v) is 3.95. The van der Waals surface area contributed by atoms with Crippen LogP contribution in [0.3, 0.4) is 0 Å². The normalized spacial score (nSPS) is 10.4. The third kappa shape index (κ3) is 4.61. The molecule has 1 amide bonds. The fraction of sp³-hybridized carbons (Fsp3) is 0.421. The molecule has 152 valence electrons. The number of carbonyl (C=O) groups is 1. The highest BCUT2D eigenvalue weighted by Crippen LogP contribution is 2.40. The summed E-state index contributed by atoms with van der Waals surface area (Å²) in [5.74, 6) is 2.12. The SMILES string of the molecule is COCCNC(=O)c1cnc(-c2cc(OC)c(OC)c(OC)c2)nc1N(C)C. The van der Waals surface area contributed by atoms with E-state index in [1.807, 2.05) is 14.1 Å². The third-order valence-electron chi connectivity index (χ3n) is 3.95. The molecule has 0 spiro atoms. The van der Waals surface area contributed by atoms with Crippen molar-refractivity contribution in [3.05, 3.63) is 23.9 Å². The molecule has 9 nitrogen and oxygen atoms in total. The minimum Gasteiger partial charge on any atom is -0.493 e. The number of rotatable bonds is 9. The van der Waals surface area contributed by atoms with Crippen molar-refractivity contribution in [2.75, 3.05) is 60.6 Å². The molecule has 9 heteroatoms. The summed E-state index contributed by atoms with van der Waals surface area (Å²) >= 11 is 0. The second-order valence-corrected chi connectivity index (χ2v) is 5.99. The first-order valence-corrected chi connectivity index (χ1v) is 8.58. The Morgan fingerprint density at radius 3 is 2.21 bits per heavy atom. The van der Waals surface area contributed by atoms with Crippen LogP contribution in [0.15, 0.2) is 18.3 Å². The molecule has 0 aliphatic rings. The maximum Gasteiger partial charge on any atom is 0.256 e. The van der Waals surface area contributed by atoms with Crippen molar-refractivity contribution in [1.29, 1.82) is 0 Å². The Morgan fingerprint density at radius 1 is 1.07 bits per heavy atom. The maximum atomic E-state index is 12.4. The summed E-state index contributed by atoms with van der Waals surface area (Å²) in [6, 6.07) is 3.52. The zero-order chi connectivity index (χ0) is 20.7. The summed E-state index contributed by atoms with van der Waals surface area (Å²) in [6.07, 6.45) is 1.50. The average Bonchev–Trinajstić information content (AvgIpc) is 2.72. The average molecular weight is 390 g/mol. The van der Waals surface area contributed by atoms with E-state index in [0.717, 1.165) is 0 Å². The quantitative estimate of drug-likeness (QED) is 0.646. The number of amides is 1. The Labute approximate surface area is 164 Å². The first-order valence-electron chi connectivity index (χ1n) is 8.58. The van der Waals surface area contributed by atoms with Crippen molar-refractivity contribution in [1.82, 2.24) is 15.3 Å². The lowest BCUT2D eigenvalue weighted by molar-refractivity contribution is 0.0937. The van der Waals surface area contributed by atoms with Gasteiger partial charge in [-0.25, -0.2) is 9.97 Å². The maximum absolute atomic E-state index is 12.4. The zero-order valence-electron chi connectivity index (χ0n) is 17.0. The van der Waals surface area contributed by atoms with E-state index >= 15 is 0 Å². The summed E-state index contributed by atoms with van der Waals surface area (Å²) in [5.41, 5.74) is 1.04. The van der Waals surface area contributed by atoms with Gasteiger partial charge in [0.25, 0.3) is 5.91 Å². The van der Waals surface area contributed by atoms with Crippen molar-refractivity contribution in [3.8, 4) is 28.6 Å². The van der Waals surface area contributed by atoms with Crippen molar-refractivity contribution < 1.29 is 23.7 Å². The van der Waals surface area contributed by atoms with Gasteiger partial charge in [0, 0.05) is 39.5 Å². The molecule has 0 bridgehead atoms. The van der Waals surface area contributed by atoms with Gasteiger partial charge in [0.2, 0.25) is 5.75 Å². The Kier molecular flexibility index (Phi) is 7.39. The molecule has 1 heterocycles. The molecular weight excluding hydrogens is 364 g/mol. The van der Waals surface area contributed by atoms with E-state index in [0.29, 0.717) is 53.2 Å². The summed E-state index contributed by atoms with van der Waals surface area (Å²) in [5, 5.41) is 2.78. The van der Waals surface area contributed by atoms with Crippen LogP contribution in [0.25, 0.3) is 11.4 Å². The molecule has 0 atom stereocenters.